The SMILES string of the molecule is Cc1ccccc1/C=C\c1coc2cccc(-c3c4ccccc4c(-c4cc(-c5ccccc5)cc5ccccc45)c4ccccc34)c12. The van der Waals surface area contributed by atoms with Gasteiger partial charge >= 0.3 is 0 Å². The summed E-state index contributed by atoms with van der Waals surface area (Å²) in [5, 5.41) is 8.53. The maximum atomic E-state index is 6.20. The van der Waals surface area contributed by atoms with Crippen LogP contribution in [0.25, 0.3) is 88.8 Å². The van der Waals surface area contributed by atoms with E-state index in [4.69, 9.17) is 4.42 Å². The Hall–Kier alpha value is -6.18. The van der Waals surface area contributed by atoms with E-state index in [0.29, 0.717) is 0 Å². The van der Waals surface area contributed by atoms with Crippen LogP contribution in [0.4, 0.5) is 0 Å². The molecule has 1 aromatic heterocycles. The van der Waals surface area contributed by atoms with E-state index >= 15 is 0 Å². The molecule has 0 aliphatic carbocycles. The molecule has 226 valence electrons. The van der Waals surface area contributed by atoms with Crippen molar-refractivity contribution in [3.8, 4) is 33.4 Å². The lowest BCUT2D eigenvalue weighted by Crippen LogP contribution is -1.93. The van der Waals surface area contributed by atoms with E-state index in [0.717, 1.165) is 16.5 Å². The fourth-order valence-corrected chi connectivity index (χ4v) is 7.42. The highest BCUT2D eigenvalue weighted by atomic mass is 16.3. The van der Waals surface area contributed by atoms with E-state index < -0.39 is 0 Å². The third-order valence-electron chi connectivity index (χ3n) is 9.70. The molecule has 0 unspecified atom stereocenters. The lowest BCUT2D eigenvalue weighted by atomic mass is 9.83. The second-order valence-corrected chi connectivity index (χ2v) is 12.5. The van der Waals surface area contributed by atoms with Crippen molar-refractivity contribution in [2.75, 3.05) is 0 Å². The zero-order chi connectivity index (χ0) is 32.0. The topological polar surface area (TPSA) is 13.1 Å². The monoisotopic (exact) mass is 612 g/mol. The van der Waals surface area contributed by atoms with Gasteiger partial charge < -0.3 is 4.42 Å². The lowest BCUT2D eigenvalue weighted by molar-refractivity contribution is 0.615. The molecule has 0 bridgehead atoms. The van der Waals surface area contributed by atoms with Gasteiger partial charge in [-0.1, -0.05) is 152 Å². The molecule has 0 fully saturated rings. The number of fused-ring (bicyclic) bond motifs is 4. The average Bonchev–Trinajstić information content (AvgIpc) is 3.57. The fraction of sp³-hybridized carbons (Fsp3) is 0.0213. The maximum Gasteiger partial charge on any atom is 0.135 e. The summed E-state index contributed by atoms with van der Waals surface area (Å²) in [6.07, 6.45) is 6.28. The van der Waals surface area contributed by atoms with Gasteiger partial charge in [-0.25, -0.2) is 0 Å². The van der Waals surface area contributed by atoms with Crippen LogP contribution >= 0.6 is 0 Å². The van der Waals surface area contributed by atoms with Gasteiger partial charge in [0.1, 0.15) is 5.58 Å². The van der Waals surface area contributed by atoms with Crippen molar-refractivity contribution in [3.63, 3.8) is 0 Å². The molecule has 0 atom stereocenters. The summed E-state index contributed by atoms with van der Waals surface area (Å²) in [6, 6.07) is 56.9. The zero-order valence-corrected chi connectivity index (χ0v) is 26.7. The van der Waals surface area contributed by atoms with Gasteiger partial charge in [0.15, 0.2) is 0 Å². The summed E-state index contributed by atoms with van der Waals surface area (Å²) < 4.78 is 6.20. The van der Waals surface area contributed by atoms with Crippen LogP contribution in [0.3, 0.4) is 0 Å². The number of rotatable bonds is 5. The molecule has 8 aromatic carbocycles. The predicted octanol–water partition coefficient (Wildman–Crippen LogP) is 13.4. The van der Waals surface area contributed by atoms with E-state index in [-0.39, 0.29) is 0 Å². The Kier molecular flexibility index (Phi) is 6.76. The van der Waals surface area contributed by atoms with Crippen molar-refractivity contribution in [1.82, 2.24) is 0 Å². The van der Waals surface area contributed by atoms with Gasteiger partial charge in [-0.05, 0) is 102 Å². The zero-order valence-electron chi connectivity index (χ0n) is 26.7. The van der Waals surface area contributed by atoms with Crippen LogP contribution in [-0.4, -0.2) is 0 Å². The van der Waals surface area contributed by atoms with E-state index in [1.54, 1.807) is 0 Å². The summed E-state index contributed by atoms with van der Waals surface area (Å²) in [4.78, 5) is 0. The minimum atomic E-state index is 0.885. The molecule has 0 N–H and O–H groups in total. The number of furan rings is 1. The number of hydrogen-bond donors (Lipinski definition) is 0. The molecule has 0 saturated heterocycles. The maximum absolute atomic E-state index is 6.20. The molecule has 0 aliphatic rings. The first-order chi connectivity index (χ1) is 23.7. The number of aryl methyl sites for hydroxylation is 1. The molecule has 0 spiro atoms. The summed E-state index contributed by atoms with van der Waals surface area (Å²) >= 11 is 0. The normalized spacial score (nSPS) is 11.8. The molecular weight excluding hydrogens is 581 g/mol. The first kappa shape index (κ1) is 28.1. The number of benzene rings is 8. The van der Waals surface area contributed by atoms with Gasteiger partial charge in [0, 0.05) is 10.9 Å². The minimum absolute atomic E-state index is 0.885. The van der Waals surface area contributed by atoms with E-state index in [2.05, 4.69) is 177 Å². The highest BCUT2D eigenvalue weighted by Gasteiger charge is 2.21. The van der Waals surface area contributed by atoms with Crippen LogP contribution in [0.2, 0.25) is 0 Å². The Bertz CT molecular complexity index is 2620. The molecule has 9 rings (SSSR count). The van der Waals surface area contributed by atoms with Crippen molar-refractivity contribution >= 4 is 55.4 Å². The van der Waals surface area contributed by atoms with Crippen molar-refractivity contribution in [2.45, 2.75) is 6.92 Å². The summed E-state index contributed by atoms with van der Waals surface area (Å²) in [7, 11) is 0. The Morgan fingerprint density at radius 3 is 1.73 bits per heavy atom. The Balaban J connectivity index is 1.36. The first-order valence-corrected chi connectivity index (χ1v) is 16.5. The molecule has 1 nitrogen and oxygen atoms in total. The van der Waals surface area contributed by atoms with Gasteiger partial charge in [0.05, 0.1) is 6.26 Å². The van der Waals surface area contributed by atoms with Crippen molar-refractivity contribution in [1.29, 1.82) is 0 Å². The van der Waals surface area contributed by atoms with Crippen LogP contribution in [0, 0.1) is 6.92 Å². The van der Waals surface area contributed by atoms with Crippen LogP contribution in [0.15, 0.2) is 168 Å². The molecule has 0 radical (unpaired) electrons. The third-order valence-corrected chi connectivity index (χ3v) is 9.70. The van der Waals surface area contributed by atoms with Crippen LogP contribution < -0.4 is 0 Å². The van der Waals surface area contributed by atoms with Crippen LogP contribution in [-0.2, 0) is 0 Å². The average molecular weight is 613 g/mol. The standard InChI is InChI=1S/C47H32O/c1-31-14-5-6-15-32(31)26-27-35-30-48-44-25-13-24-42(45(35)44)46-38-20-9-11-22-40(38)47(41-23-12-10-21-39(41)46)43-29-36(33-16-3-2-4-17-33)28-34-18-7-8-19-37(34)43/h2-30H,1H3/b27-26-. The Morgan fingerprint density at radius 2 is 1.02 bits per heavy atom. The Morgan fingerprint density at radius 1 is 0.438 bits per heavy atom. The van der Waals surface area contributed by atoms with Gasteiger partial charge in [-0.3, -0.25) is 0 Å². The van der Waals surface area contributed by atoms with Crippen LogP contribution in [0.1, 0.15) is 16.7 Å². The molecule has 0 saturated carbocycles. The van der Waals surface area contributed by atoms with Gasteiger partial charge in [-0.2, -0.15) is 0 Å². The van der Waals surface area contributed by atoms with E-state index in [1.807, 2.05) is 6.26 Å². The third kappa shape index (κ3) is 4.63. The molecular formula is C47H32O. The largest absolute Gasteiger partial charge is 0.464 e. The van der Waals surface area contributed by atoms with Gasteiger partial charge in [-0.15, -0.1) is 0 Å². The van der Waals surface area contributed by atoms with Gasteiger partial charge in [0.25, 0.3) is 0 Å². The van der Waals surface area contributed by atoms with Crippen molar-refractivity contribution < 1.29 is 4.42 Å². The van der Waals surface area contributed by atoms with Crippen molar-refractivity contribution in [3.05, 3.63) is 181 Å². The summed E-state index contributed by atoms with van der Waals surface area (Å²) in [5.41, 5.74) is 11.7. The lowest BCUT2D eigenvalue weighted by Gasteiger charge is -2.20. The quantitative estimate of drug-likeness (QED) is 0.176. The molecule has 1 heterocycles. The summed E-state index contributed by atoms with van der Waals surface area (Å²) in [6.45, 7) is 2.15. The highest BCUT2D eigenvalue weighted by molar-refractivity contribution is 6.25. The minimum Gasteiger partial charge on any atom is -0.464 e. The molecule has 9 aromatic rings. The highest BCUT2D eigenvalue weighted by Crippen LogP contribution is 2.48. The predicted molar refractivity (Wildman–Crippen MR) is 205 cm³/mol. The fourth-order valence-electron chi connectivity index (χ4n) is 7.42. The first-order valence-electron chi connectivity index (χ1n) is 16.5. The van der Waals surface area contributed by atoms with E-state index in [9.17, 15) is 0 Å². The molecule has 0 aliphatic heterocycles. The van der Waals surface area contributed by atoms with E-state index in [1.165, 1.54) is 76.8 Å². The molecule has 1 heteroatoms. The Labute approximate surface area is 280 Å². The smallest absolute Gasteiger partial charge is 0.135 e. The molecule has 48 heavy (non-hydrogen) atoms. The number of hydrogen-bond acceptors (Lipinski definition) is 1. The molecule has 0 amide bonds. The second kappa shape index (κ2) is 11.6. The van der Waals surface area contributed by atoms with Crippen molar-refractivity contribution in [2.24, 2.45) is 0 Å². The second-order valence-electron chi connectivity index (χ2n) is 12.5. The van der Waals surface area contributed by atoms with Gasteiger partial charge in [0.2, 0.25) is 0 Å². The van der Waals surface area contributed by atoms with Crippen LogP contribution in [0.5, 0.6) is 0 Å². The summed E-state index contributed by atoms with van der Waals surface area (Å²) in [5.74, 6) is 0.